The quantitative estimate of drug-likeness (QED) is 0.727. The number of ether oxygens (including phenoxy) is 1. The van der Waals surface area contributed by atoms with Crippen LogP contribution in [0.2, 0.25) is 0 Å². The van der Waals surface area contributed by atoms with Crippen LogP contribution in [0, 0.1) is 5.82 Å². The lowest BCUT2D eigenvalue weighted by atomic mass is 10.1. The van der Waals surface area contributed by atoms with Gasteiger partial charge < -0.3 is 14.6 Å². The van der Waals surface area contributed by atoms with Gasteiger partial charge in [0.25, 0.3) is 5.91 Å². The highest BCUT2D eigenvalue weighted by atomic mass is 32.1. The summed E-state index contributed by atoms with van der Waals surface area (Å²) < 4.78 is 22.3. The van der Waals surface area contributed by atoms with Crippen molar-refractivity contribution in [3.05, 3.63) is 46.1 Å². The van der Waals surface area contributed by atoms with Gasteiger partial charge in [-0.1, -0.05) is 12.5 Å². The highest BCUT2D eigenvalue weighted by Crippen LogP contribution is 2.33. The van der Waals surface area contributed by atoms with Gasteiger partial charge in [-0.2, -0.15) is 0 Å². The number of hydrogen-bond acceptors (Lipinski definition) is 5. The topological polar surface area (TPSA) is 69.0 Å². The molecule has 1 aromatic carbocycles. The van der Waals surface area contributed by atoms with Gasteiger partial charge in [0, 0.05) is 35.7 Å². The number of fused-ring (bicyclic) bond motifs is 2. The fourth-order valence-corrected chi connectivity index (χ4v) is 4.69. The Balaban J connectivity index is 1.58. The molecule has 0 spiro atoms. The molecule has 1 aliphatic rings. The van der Waals surface area contributed by atoms with E-state index in [0.29, 0.717) is 22.4 Å². The van der Waals surface area contributed by atoms with Crippen LogP contribution in [0.4, 0.5) is 4.39 Å². The molecule has 0 saturated carbocycles. The van der Waals surface area contributed by atoms with Gasteiger partial charge in [0.05, 0.1) is 18.0 Å². The average molecular weight is 388 g/mol. The fourth-order valence-electron chi connectivity index (χ4n) is 3.55. The molecule has 1 aliphatic heterocycles. The second-order valence-electron chi connectivity index (χ2n) is 6.63. The first kappa shape index (κ1) is 18.1. The van der Waals surface area contributed by atoms with Gasteiger partial charge in [-0.3, -0.25) is 4.79 Å². The standard InChI is InChI=1S/C19H21FN4O2S/c1-26-11-12-17-13(20)6-5-7-14(17)27-18(12)19(25)21-10-16-23-22-15-8-3-2-4-9-24(15)16/h5-7H,2-4,8-11H2,1H3,(H,21,25). The first-order chi connectivity index (χ1) is 13.2. The molecule has 142 valence electrons. The third-order valence-electron chi connectivity index (χ3n) is 4.85. The number of amides is 1. The molecule has 0 aliphatic carbocycles. The van der Waals surface area contributed by atoms with Crippen LogP contribution in [0.25, 0.3) is 10.1 Å². The van der Waals surface area contributed by atoms with E-state index in [1.54, 1.807) is 6.07 Å². The molecule has 1 N–H and O–H groups in total. The van der Waals surface area contributed by atoms with Gasteiger partial charge in [0.15, 0.2) is 5.82 Å². The van der Waals surface area contributed by atoms with Gasteiger partial charge in [-0.15, -0.1) is 21.5 Å². The minimum atomic E-state index is -0.336. The largest absolute Gasteiger partial charge is 0.380 e. The van der Waals surface area contributed by atoms with Gasteiger partial charge in [-0.25, -0.2) is 4.39 Å². The third kappa shape index (κ3) is 3.46. The summed E-state index contributed by atoms with van der Waals surface area (Å²) in [5.41, 5.74) is 0.591. The first-order valence-electron chi connectivity index (χ1n) is 9.07. The summed E-state index contributed by atoms with van der Waals surface area (Å²) in [5.74, 6) is 1.17. The van der Waals surface area contributed by atoms with E-state index in [2.05, 4.69) is 20.1 Å². The molecule has 8 heteroatoms. The number of aromatic nitrogens is 3. The molecule has 0 saturated heterocycles. The monoisotopic (exact) mass is 388 g/mol. The summed E-state index contributed by atoms with van der Waals surface area (Å²) in [6.07, 6.45) is 4.33. The first-order valence-corrected chi connectivity index (χ1v) is 9.88. The van der Waals surface area contributed by atoms with E-state index in [4.69, 9.17) is 4.74 Å². The Bertz CT molecular complexity index is 982. The average Bonchev–Trinajstić information content (AvgIpc) is 3.14. The second-order valence-corrected chi connectivity index (χ2v) is 7.69. The van der Waals surface area contributed by atoms with Crippen molar-refractivity contribution >= 4 is 27.3 Å². The number of carbonyl (C=O) groups excluding carboxylic acids is 1. The van der Waals surface area contributed by atoms with Crippen LogP contribution in [0.5, 0.6) is 0 Å². The number of methoxy groups -OCH3 is 1. The lowest BCUT2D eigenvalue weighted by Crippen LogP contribution is -2.25. The smallest absolute Gasteiger partial charge is 0.262 e. The van der Waals surface area contributed by atoms with Crippen LogP contribution in [-0.4, -0.2) is 27.8 Å². The highest BCUT2D eigenvalue weighted by molar-refractivity contribution is 7.21. The zero-order chi connectivity index (χ0) is 18.8. The van der Waals surface area contributed by atoms with Gasteiger partial charge in [0.1, 0.15) is 11.6 Å². The van der Waals surface area contributed by atoms with E-state index < -0.39 is 0 Å². The van der Waals surface area contributed by atoms with Crippen molar-refractivity contribution in [2.75, 3.05) is 7.11 Å². The molecule has 0 fully saturated rings. The maximum Gasteiger partial charge on any atom is 0.262 e. The Morgan fingerprint density at radius 2 is 2.22 bits per heavy atom. The molecule has 2 aromatic heterocycles. The van der Waals surface area contributed by atoms with Gasteiger partial charge in [0.2, 0.25) is 0 Å². The molecule has 0 bridgehead atoms. The Hall–Kier alpha value is -2.32. The van der Waals surface area contributed by atoms with E-state index in [0.717, 1.165) is 42.2 Å². The number of hydrogen-bond donors (Lipinski definition) is 1. The molecular weight excluding hydrogens is 367 g/mol. The lowest BCUT2D eigenvalue weighted by molar-refractivity contribution is 0.0949. The minimum Gasteiger partial charge on any atom is -0.380 e. The minimum absolute atomic E-state index is 0.185. The molecule has 4 rings (SSSR count). The predicted molar refractivity (Wildman–Crippen MR) is 101 cm³/mol. The summed E-state index contributed by atoms with van der Waals surface area (Å²) in [7, 11) is 1.54. The van der Waals surface area contributed by atoms with Crippen LogP contribution in [0.3, 0.4) is 0 Å². The molecule has 3 aromatic rings. The number of benzene rings is 1. The maximum atomic E-state index is 14.3. The highest BCUT2D eigenvalue weighted by Gasteiger charge is 2.21. The summed E-state index contributed by atoms with van der Waals surface area (Å²) in [4.78, 5) is 13.3. The number of rotatable bonds is 5. The van der Waals surface area contributed by atoms with Crippen LogP contribution in [0.15, 0.2) is 18.2 Å². The Morgan fingerprint density at radius 1 is 1.33 bits per heavy atom. The predicted octanol–water partition coefficient (Wildman–Crippen LogP) is 3.43. The van der Waals surface area contributed by atoms with Crippen molar-refractivity contribution in [2.24, 2.45) is 0 Å². The Kier molecular flexibility index (Phi) is 5.18. The van der Waals surface area contributed by atoms with Crippen molar-refractivity contribution in [2.45, 2.75) is 45.4 Å². The van der Waals surface area contributed by atoms with Crippen molar-refractivity contribution in [3.8, 4) is 0 Å². The van der Waals surface area contributed by atoms with Crippen molar-refractivity contribution in [1.82, 2.24) is 20.1 Å². The van der Waals surface area contributed by atoms with Crippen molar-refractivity contribution in [1.29, 1.82) is 0 Å². The van der Waals surface area contributed by atoms with Gasteiger partial charge in [-0.05, 0) is 25.0 Å². The van der Waals surface area contributed by atoms with Crippen LogP contribution in [-0.2, 0) is 30.9 Å². The van der Waals surface area contributed by atoms with Crippen LogP contribution in [0.1, 0.15) is 46.1 Å². The summed E-state index contributed by atoms with van der Waals surface area (Å²) >= 11 is 1.28. The second kappa shape index (κ2) is 7.74. The number of aryl methyl sites for hydroxylation is 1. The zero-order valence-corrected chi connectivity index (χ0v) is 15.9. The van der Waals surface area contributed by atoms with Crippen molar-refractivity contribution < 1.29 is 13.9 Å². The molecule has 6 nitrogen and oxygen atoms in total. The Labute approximate surface area is 160 Å². The SMILES string of the molecule is COCc1c(C(=O)NCc2nnc3n2CCCCC3)sc2cccc(F)c12. The van der Waals surface area contributed by atoms with Gasteiger partial charge >= 0.3 is 0 Å². The van der Waals surface area contributed by atoms with E-state index in [9.17, 15) is 9.18 Å². The molecule has 3 heterocycles. The number of carbonyl (C=O) groups is 1. The Morgan fingerprint density at radius 3 is 3.07 bits per heavy atom. The summed E-state index contributed by atoms with van der Waals surface area (Å²) in [5, 5.41) is 11.9. The van der Waals surface area contributed by atoms with Crippen LogP contribution < -0.4 is 5.32 Å². The van der Waals surface area contributed by atoms with Crippen molar-refractivity contribution in [3.63, 3.8) is 0 Å². The third-order valence-corrected chi connectivity index (χ3v) is 6.05. The number of halogens is 1. The lowest BCUT2D eigenvalue weighted by Gasteiger charge is -2.09. The van der Waals surface area contributed by atoms with E-state index >= 15 is 0 Å². The molecule has 0 atom stereocenters. The molecule has 27 heavy (non-hydrogen) atoms. The van der Waals surface area contributed by atoms with E-state index in [1.807, 2.05) is 6.07 Å². The number of nitrogens with zero attached hydrogens (tertiary/aromatic N) is 3. The molecule has 0 unspecified atom stereocenters. The molecule has 1 amide bonds. The normalized spacial score (nSPS) is 14.1. The summed E-state index contributed by atoms with van der Waals surface area (Å²) in [6, 6.07) is 4.87. The summed E-state index contributed by atoms with van der Waals surface area (Å²) in [6.45, 7) is 1.37. The number of thiophene rings is 1. The van der Waals surface area contributed by atoms with E-state index in [1.165, 1.54) is 30.9 Å². The van der Waals surface area contributed by atoms with E-state index in [-0.39, 0.29) is 18.3 Å². The fraction of sp³-hybridized carbons (Fsp3) is 0.421. The zero-order valence-electron chi connectivity index (χ0n) is 15.1. The maximum absolute atomic E-state index is 14.3. The molecular formula is C19H21FN4O2S. The molecule has 0 radical (unpaired) electrons. The number of nitrogens with one attached hydrogen (secondary N) is 1. The van der Waals surface area contributed by atoms with Crippen LogP contribution >= 0.6 is 11.3 Å².